The van der Waals surface area contributed by atoms with Crippen LogP contribution in [-0.2, 0) is 6.54 Å². The van der Waals surface area contributed by atoms with E-state index in [9.17, 15) is 0 Å². The first kappa shape index (κ1) is 27.7. The Kier molecular flexibility index (Phi) is 7.75. The number of benzene rings is 1. The van der Waals surface area contributed by atoms with Gasteiger partial charge in [-0.25, -0.2) is 0 Å². The lowest BCUT2D eigenvalue weighted by Gasteiger charge is -2.37. The van der Waals surface area contributed by atoms with E-state index in [2.05, 4.69) is 94.8 Å². The quantitative estimate of drug-likeness (QED) is 0.241. The average Bonchev–Trinajstić information content (AvgIpc) is 3.44. The number of aromatic nitrogens is 3. The number of thiocarbonyl (C=S) groups is 1. The first-order chi connectivity index (χ1) is 19.8. The van der Waals surface area contributed by atoms with Gasteiger partial charge in [-0.2, -0.15) is 0 Å². The predicted octanol–water partition coefficient (Wildman–Crippen LogP) is 7.26. The fraction of sp³-hybridized carbons (Fsp3) is 0.364. The van der Waals surface area contributed by atoms with Crippen LogP contribution in [0.3, 0.4) is 0 Å². The zero-order valence-electron chi connectivity index (χ0n) is 24.1. The van der Waals surface area contributed by atoms with Gasteiger partial charge in [-0.15, -0.1) is 0 Å². The molecule has 1 aromatic carbocycles. The van der Waals surface area contributed by atoms with Crippen molar-refractivity contribution in [3.63, 3.8) is 0 Å². The highest BCUT2D eigenvalue weighted by molar-refractivity contribution is 7.80. The molecule has 2 aliphatic heterocycles. The number of nitrogens with one attached hydrogen (secondary N) is 1. The second-order valence-electron chi connectivity index (χ2n) is 11.8. The van der Waals surface area contributed by atoms with Crippen molar-refractivity contribution in [2.24, 2.45) is 11.8 Å². The highest BCUT2D eigenvalue weighted by Crippen LogP contribution is 2.45. The summed E-state index contributed by atoms with van der Waals surface area (Å²) < 4.78 is 2.37. The van der Waals surface area contributed by atoms with Gasteiger partial charge in [0, 0.05) is 55.3 Å². The summed E-state index contributed by atoms with van der Waals surface area (Å²) in [4.78, 5) is 13.6. The molecule has 0 spiro atoms. The van der Waals surface area contributed by atoms with Crippen molar-refractivity contribution in [3.8, 4) is 0 Å². The first-order valence-corrected chi connectivity index (χ1v) is 15.2. The molecule has 0 bridgehead atoms. The average molecular weight is 585 g/mol. The number of nitrogens with zero attached hydrogens (tertiary/aromatic N) is 5. The van der Waals surface area contributed by atoms with Crippen molar-refractivity contribution >= 4 is 40.3 Å². The minimum Gasteiger partial charge on any atom is -0.370 e. The van der Waals surface area contributed by atoms with Crippen LogP contribution in [0.1, 0.15) is 60.6 Å². The Morgan fingerprint density at radius 1 is 0.976 bits per heavy atom. The second kappa shape index (κ2) is 11.5. The smallest absolute Gasteiger partial charge is 0.174 e. The fourth-order valence-electron chi connectivity index (χ4n) is 6.75. The largest absolute Gasteiger partial charge is 0.370 e. The summed E-state index contributed by atoms with van der Waals surface area (Å²) >= 11 is 13.0. The van der Waals surface area contributed by atoms with E-state index in [-0.39, 0.29) is 12.1 Å². The molecule has 6 nitrogen and oxygen atoms in total. The van der Waals surface area contributed by atoms with Crippen LogP contribution in [0.2, 0.25) is 5.02 Å². The summed E-state index contributed by atoms with van der Waals surface area (Å²) in [5.74, 6) is 1.30. The van der Waals surface area contributed by atoms with Crippen LogP contribution in [0.4, 0.5) is 11.4 Å². The van der Waals surface area contributed by atoms with E-state index in [4.69, 9.17) is 28.8 Å². The Morgan fingerprint density at radius 3 is 2.41 bits per heavy atom. The monoisotopic (exact) mass is 584 g/mol. The normalized spacial score (nSPS) is 22.7. The van der Waals surface area contributed by atoms with Gasteiger partial charge in [-0.1, -0.05) is 31.5 Å². The topological polar surface area (TPSA) is 49.2 Å². The number of anilines is 2. The molecule has 4 aromatic rings. The van der Waals surface area contributed by atoms with Gasteiger partial charge in [0.25, 0.3) is 0 Å². The van der Waals surface area contributed by atoms with Crippen molar-refractivity contribution in [3.05, 3.63) is 106 Å². The van der Waals surface area contributed by atoms with E-state index in [1.165, 1.54) is 28.9 Å². The van der Waals surface area contributed by atoms with E-state index in [0.29, 0.717) is 16.9 Å². The maximum Gasteiger partial charge on any atom is 0.174 e. The Hall–Kier alpha value is -3.42. The van der Waals surface area contributed by atoms with Gasteiger partial charge in [-0.05, 0) is 104 Å². The van der Waals surface area contributed by atoms with E-state index in [1.54, 1.807) is 0 Å². The van der Waals surface area contributed by atoms with Gasteiger partial charge in [0.2, 0.25) is 0 Å². The van der Waals surface area contributed by atoms with Gasteiger partial charge in [-0.3, -0.25) is 9.97 Å². The molecule has 3 aromatic heterocycles. The van der Waals surface area contributed by atoms with Crippen LogP contribution in [0, 0.1) is 25.7 Å². The van der Waals surface area contributed by atoms with Crippen molar-refractivity contribution in [1.29, 1.82) is 0 Å². The van der Waals surface area contributed by atoms with Gasteiger partial charge in [0.15, 0.2) is 5.11 Å². The summed E-state index contributed by atoms with van der Waals surface area (Å²) in [5, 5.41) is 5.04. The van der Waals surface area contributed by atoms with Crippen LogP contribution in [-0.4, -0.2) is 32.7 Å². The van der Waals surface area contributed by atoms with E-state index >= 15 is 0 Å². The molecule has 2 aliphatic rings. The minimum atomic E-state index is -0.110. The molecule has 4 atom stereocenters. The molecular formula is C33H37ClN6S. The molecule has 41 heavy (non-hydrogen) atoms. The molecule has 0 aliphatic carbocycles. The minimum absolute atomic E-state index is 0.0910. The van der Waals surface area contributed by atoms with E-state index < -0.39 is 0 Å². The molecule has 0 unspecified atom stereocenters. The highest BCUT2D eigenvalue weighted by atomic mass is 35.5. The van der Waals surface area contributed by atoms with Crippen molar-refractivity contribution in [2.45, 2.75) is 52.7 Å². The molecular weight excluding hydrogens is 548 g/mol. The zero-order valence-corrected chi connectivity index (χ0v) is 25.7. The van der Waals surface area contributed by atoms with Gasteiger partial charge in [0.1, 0.15) is 0 Å². The summed E-state index contributed by atoms with van der Waals surface area (Å²) in [5.41, 5.74) is 7.89. The summed E-state index contributed by atoms with van der Waals surface area (Å²) in [6.07, 6.45) is 6.80. The maximum absolute atomic E-state index is 7.03. The lowest BCUT2D eigenvalue weighted by molar-refractivity contribution is 0.357. The number of halogens is 1. The maximum atomic E-state index is 7.03. The number of hydrogen-bond donors (Lipinski definition) is 1. The second-order valence-corrected chi connectivity index (χ2v) is 12.5. The summed E-state index contributed by atoms with van der Waals surface area (Å²) in [6.45, 7) is 11.9. The molecule has 6 rings (SSSR count). The van der Waals surface area contributed by atoms with Crippen LogP contribution >= 0.6 is 23.8 Å². The third-order valence-corrected chi connectivity index (χ3v) is 9.16. The summed E-state index contributed by atoms with van der Waals surface area (Å²) in [6, 6.07) is 18.7. The zero-order chi connectivity index (χ0) is 28.7. The Bertz CT molecular complexity index is 1530. The Balaban J connectivity index is 1.40. The van der Waals surface area contributed by atoms with E-state index in [1.807, 2.05) is 30.7 Å². The molecule has 0 radical (unpaired) electrons. The standard InChI is InChI=1S/C33H37ClN6S/c1-21-15-22(2)19-38(18-21)30-9-8-26(17-28(30)34)40-32(31(37-33(40)41)29-7-5-6-12-36-29)27-16-23(3)39(24(27)4)20-25-10-13-35-14-11-25/h5-14,16-17,21-22,31-32H,15,18-20H2,1-4H3,(H,37,41)/t21-,22-,31+,32-/m1/s1. The number of hydrogen-bond acceptors (Lipinski definition) is 4. The predicted molar refractivity (Wildman–Crippen MR) is 172 cm³/mol. The first-order valence-electron chi connectivity index (χ1n) is 14.4. The fourth-order valence-corrected chi connectivity index (χ4v) is 7.39. The molecule has 1 N–H and O–H groups in total. The third-order valence-electron chi connectivity index (χ3n) is 8.54. The van der Waals surface area contributed by atoms with Gasteiger partial charge < -0.3 is 19.7 Å². The van der Waals surface area contributed by atoms with Crippen LogP contribution < -0.4 is 15.1 Å². The molecule has 5 heterocycles. The molecule has 2 saturated heterocycles. The lowest BCUT2D eigenvalue weighted by Crippen LogP contribution is -2.38. The van der Waals surface area contributed by atoms with E-state index in [0.717, 1.165) is 41.7 Å². The molecule has 8 heteroatoms. The lowest BCUT2D eigenvalue weighted by atomic mass is 9.91. The van der Waals surface area contributed by atoms with Gasteiger partial charge in [0.05, 0.1) is 28.5 Å². The van der Waals surface area contributed by atoms with Crippen molar-refractivity contribution < 1.29 is 0 Å². The Morgan fingerprint density at radius 2 is 1.73 bits per heavy atom. The van der Waals surface area contributed by atoms with Crippen molar-refractivity contribution in [1.82, 2.24) is 19.9 Å². The number of rotatable bonds is 6. The third kappa shape index (κ3) is 5.45. The molecule has 212 valence electrons. The Labute approximate surface area is 253 Å². The number of pyridine rings is 2. The highest BCUT2D eigenvalue weighted by Gasteiger charge is 2.42. The van der Waals surface area contributed by atoms with Crippen molar-refractivity contribution in [2.75, 3.05) is 22.9 Å². The van der Waals surface area contributed by atoms with Crippen LogP contribution in [0.25, 0.3) is 0 Å². The molecule has 0 saturated carbocycles. The van der Waals surface area contributed by atoms with Crippen LogP contribution in [0.15, 0.2) is 73.2 Å². The molecule has 2 fully saturated rings. The summed E-state index contributed by atoms with van der Waals surface area (Å²) in [7, 11) is 0. The number of aryl methyl sites for hydroxylation is 1. The molecule has 0 amide bonds. The number of piperidine rings is 1. The van der Waals surface area contributed by atoms with Gasteiger partial charge >= 0.3 is 0 Å². The SMILES string of the molecule is Cc1cc([C@@H]2[C@H](c3ccccn3)NC(=S)N2c2ccc(N3C[C@H](C)C[C@@H](C)C3)c(Cl)c2)c(C)n1Cc1ccncc1. The van der Waals surface area contributed by atoms with Crippen LogP contribution in [0.5, 0.6) is 0 Å².